The number of nitrogen functional groups attached to an aromatic ring is 1. The average Bonchev–Trinajstić information content (AvgIpc) is 2.74. The van der Waals surface area contributed by atoms with Crippen molar-refractivity contribution < 1.29 is 4.79 Å². The Balaban J connectivity index is 2.68. The first-order valence-electron chi connectivity index (χ1n) is 6.87. The van der Waals surface area contributed by atoms with Crippen molar-refractivity contribution >= 4 is 11.9 Å². The predicted molar refractivity (Wildman–Crippen MR) is 75.6 cm³/mol. The number of nitrogens with one attached hydrogen (secondary N) is 1. The number of hydrogen-bond donors (Lipinski definition) is 2. The molecule has 108 valence electrons. The van der Waals surface area contributed by atoms with Crippen molar-refractivity contribution in [1.29, 1.82) is 0 Å². The zero-order valence-electron chi connectivity index (χ0n) is 12.3. The van der Waals surface area contributed by atoms with Gasteiger partial charge in [-0.2, -0.15) is 4.98 Å². The molecule has 1 amide bonds. The van der Waals surface area contributed by atoms with E-state index in [4.69, 9.17) is 5.73 Å². The van der Waals surface area contributed by atoms with E-state index in [-0.39, 0.29) is 17.7 Å². The summed E-state index contributed by atoms with van der Waals surface area (Å²) in [6, 6.07) is 0. The van der Waals surface area contributed by atoms with Gasteiger partial charge in [-0.25, -0.2) is 0 Å². The van der Waals surface area contributed by atoms with Gasteiger partial charge in [-0.3, -0.25) is 9.89 Å². The van der Waals surface area contributed by atoms with Gasteiger partial charge < -0.3 is 10.6 Å². The molecule has 0 spiro atoms. The average molecular weight is 267 g/mol. The summed E-state index contributed by atoms with van der Waals surface area (Å²) in [5, 5.41) is 6.29. The number of nitrogens with two attached hydrogens (primary N) is 1. The van der Waals surface area contributed by atoms with Crippen molar-refractivity contribution in [2.45, 2.75) is 40.5 Å². The highest BCUT2D eigenvalue weighted by molar-refractivity contribution is 5.90. The first kappa shape index (κ1) is 15.5. The maximum atomic E-state index is 12.3. The number of H-pyrrole nitrogens is 1. The molecule has 0 aliphatic rings. The second-order valence-electron chi connectivity index (χ2n) is 5.70. The van der Waals surface area contributed by atoms with Gasteiger partial charge in [0.25, 0.3) is 5.91 Å². The van der Waals surface area contributed by atoms with Crippen LogP contribution in [0.1, 0.15) is 51.2 Å². The van der Waals surface area contributed by atoms with Gasteiger partial charge in [0.05, 0.1) is 0 Å². The lowest BCUT2D eigenvalue weighted by atomic mass is 10.1. The molecule has 6 heteroatoms. The summed E-state index contributed by atoms with van der Waals surface area (Å²) in [4.78, 5) is 18.1. The van der Waals surface area contributed by atoms with Gasteiger partial charge in [-0.05, 0) is 24.7 Å². The molecule has 0 saturated heterocycles. The standard InChI is InChI=1S/C13H25N5O/c1-9(2)5-7-18(8-6-10(3)4)12(19)11-15-13(14)17-16-11/h9-10H,5-8H2,1-4H3,(H3,14,15,16,17). The minimum absolute atomic E-state index is 0.107. The van der Waals surface area contributed by atoms with Crippen LogP contribution in [0.2, 0.25) is 0 Å². The molecule has 6 nitrogen and oxygen atoms in total. The van der Waals surface area contributed by atoms with Crippen LogP contribution in [0.25, 0.3) is 0 Å². The number of hydrogen-bond acceptors (Lipinski definition) is 4. The first-order chi connectivity index (χ1) is 8.90. The van der Waals surface area contributed by atoms with E-state index in [1.54, 1.807) is 0 Å². The van der Waals surface area contributed by atoms with Crippen molar-refractivity contribution in [3.8, 4) is 0 Å². The Kier molecular flexibility index (Phi) is 5.79. The Labute approximate surface area is 114 Å². The van der Waals surface area contributed by atoms with Crippen molar-refractivity contribution in [2.75, 3.05) is 18.8 Å². The minimum atomic E-state index is -0.120. The fourth-order valence-electron chi connectivity index (χ4n) is 1.66. The highest BCUT2D eigenvalue weighted by Gasteiger charge is 2.19. The van der Waals surface area contributed by atoms with E-state index in [0.717, 1.165) is 25.9 Å². The quantitative estimate of drug-likeness (QED) is 0.790. The second kappa shape index (κ2) is 7.11. The van der Waals surface area contributed by atoms with Gasteiger partial charge in [0.2, 0.25) is 11.8 Å². The maximum absolute atomic E-state index is 12.3. The van der Waals surface area contributed by atoms with Gasteiger partial charge in [0, 0.05) is 13.1 Å². The molecule has 0 aliphatic heterocycles. The van der Waals surface area contributed by atoms with Crippen LogP contribution >= 0.6 is 0 Å². The molecule has 19 heavy (non-hydrogen) atoms. The number of rotatable bonds is 7. The molecule has 1 aromatic rings. The molecule has 0 saturated carbocycles. The number of aromatic nitrogens is 3. The highest BCUT2D eigenvalue weighted by atomic mass is 16.2. The molecule has 0 unspecified atom stereocenters. The molecule has 0 aromatic carbocycles. The molecule has 3 N–H and O–H groups in total. The summed E-state index contributed by atoms with van der Waals surface area (Å²) in [5.74, 6) is 1.34. The molecule has 1 rings (SSSR count). The lowest BCUT2D eigenvalue weighted by Crippen LogP contribution is -2.34. The van der Waals surface area contributed by atoms with Gasteiger partial charge in [0.15, 0.2) is 0 Å². The SMILES string of the molecule is CC(C)CCN(CCC(C)C)C(=O)c1nc(N)n[nH]1. The van der Waals surface area contributed by atoms with E-state index in [9.17, 15) is 4.79 Å². The number of carbonyl (C=O) groups excluding carboxylic acids is 1. The Morgan fingerprint density at radius 2 is 1.74 bits per heavy atom. The predicted octanol–water partition coefficient (Wildman–Crippen LogP) is 1.92. The third kappa shape index (κ3) is 5.28. The number of carbonyl (C=O) groups is 1. The Morgan fingerprint density at radius 3 is 2.11 bits per heavy atom. The summed E-state index contributed by atoms with van der Waals surface area (Å²) in [6.45, 7) is 10.1. The summed E-state index contributed by atoms with van der Waals surface area (Å²) in [6.07, 6.45) is 1.96. The van der Waals surface area contributed by atoms with E-state index >= 15 is 0 Å². The Bertz CT molecular complexity index is 387. The number of anilines is 1. The fourth-order valence-corrected chi connectivity index (χ4v) is 1.66. The monoisotopic (exact) mass is 267 g/mol. The van der Waals surface area contributed by atoms with Crippen LogP contribution in [-0.2, 0) is 0 Å². The molecule has 0 fully saturated rings. The van der Waals surface area contributed by atoms with Crippen molar-refractivity contribution in [2.24, 2.45) is 11.8 Å². The molecule has 1 heterocycles. The topological polar surface area (TPSA) is 87.9 Å². The Hall–Kier alpha value is -1.59. The molecule has 0 aliphatic carbocycles. The van der Waals surface area contributed by atoms with Crippen molar-refractivity contribution in [3.05, 3.63) is 5.82 Å². The van der Waals surface area contributed by atoms with Gasteiger partial charge in [-0.1, -0.05) is 27.7 Å². The van der Waals surface area contributed by atoms with Crippen LogP contribution < -0.4 is 5.73 Å². The van der Waals surface area contributed by atoms with E-state index in [0.29, 0.717) is 11.8 Å². The van der Waals surface area contributed by atoms with Crippen LogP contribution in [-0.4, -0.2) is 39.1 Å². The van der Waals surface area contributed by atoms with Crippen LogP contribution in [0.4, 0.5) is 5.95 Å². The van der Waals surface area contributed by atoms with Gasteiger partial charge in [-0.15, -0.1) is 5.10 Å². The normalized spacial score (nSPS) is 11.3. The summed E-state index contributed by atoms with van der Waals surface area (Å²) in [7, 11) is 0. The van der Waals surface area contributed by atoms with Crippen molar-refractivity contribution in [3.63, 3.8) is 0 Å². The molecule has 0 radical (unpaired) electrons. The molecule has 0 atom stereocenters. The summed E-state index contributed by atoms with van der Waals surface area (Å²) < 4.78 is 0. The molecular formula is C13H25N5O. The van der Waals surface area contributed by atoms with E-state index in [1.165, 1.54) is 0 Å². The zero-order chi connectivity index (χ0) is 14.4. The second-order valence-corrected chi connectivity index (χ2v) is 5.70. The van der Waals surface area contributed by atoms with Crippen LogP contribution in [0.3, 0.4) is 0 Å². The first-order valence-corrected chi connectivity index (χ1v) is 6.87. The lowest BCUT2D eigenvalue weighted by molar-refractivity contribution is 0.0729. The third-order valence-corrected chi connectivity index (χ3v) is 2.95. The van der Waals surface area contributed by atoms with Gasteiger partial charge >= 0.3 is 0 Å². The van der Waals surface area contributed by atoms with Crippen LogP contribution in [0, 0.1) is 11.8 Å². The minimum Gasteiger partial charge on any atom is -0.366 e. The number of nitrogens with zero attached hydrogens (tertiary/aromatic N) is 3. The summed E-state index contributed by atoms with van der Waals surface area (Å²) >= 11 is 0. The smallest absolute Gasteiger partial charge is 0.291 e. The van der Waals surface area contributed by atoms with E-state index in [2.05, 4.69) is 42.9 Å². The fraction of sp³-hybridized carbons (Fsp3) is 0.769. The lowest BCUT2D eigenvalue weighted by Gasteiger charge is -2.23. The molecule has 1 aromatic heterocycles. The molecule has 0 bridgehead atoms. The number of aromatic amines is 1. The zero-order valence-corrected chi connectivity index (χ0v) is 12.3. The van der Waals surface area contributed by atoms with Crippen LogP contribution in [0.15, 0.2) is 0 Å². The molecular weight excluding hydrogens is 242 g/mol. The third-order valence-electron chi connectivity index (χ3n) is 2.95. The van der Waals surface area contributed by atoms with E-state index < -0.39 is 0 Å². The highest BCUT2D eigenvalue weighted by Crippen LogP contribution is 2.09. The largest absolute Gasteiger partial charge is 0.366 e. The van der Waals surface area contributed by atoms with Gasteiger partial charge in [0.1, 0.15) is 0 Å². The number of amides is 1. The van der Waals surface area contributed by atoms with Crippen molar-refractivity contribution in [1.82, 2.24) is 20.1 Å². The maximum Gasteiger partial charge on any atom is 0.291 e. The Morgan fingerprint density at radius 1 is 1.21 bits per heavy atom. The van der Waals surface area contributed by atoms with E-state index in [1.807, 2.05) is 4.90 Å². The summed E-state index contributed by atoms with van der Waals surface area (Å²) in [5.41, 5.74) is 5.44. The van der Waals surface area contributed by atoms with Crippen LogP contribution in [0.5, 0.6) is 0 Å².